The summed E-state index contributed by atoms with van der Waals surface area (Å²) in [5.74, 6) is 0.247. The number of nitrogen functional groups attached to an aromatic ring is 1. The highest BCUT2D eigenvalue weighted by atomic mass is 16.2. The molecule has 0 fully saturated rings. The van der Waals surface area contributed by atoms with Gasteiger partial charge < -0.3 is 16.8 Å². The van der Waals surface area contributed by atoms with Crippen LogP contribution >= 0.6 is 0 Å². The van der Waals surface area contributed by atoms with Crippen molar-refractivity contribution in [1.29, 1.82) is 0 Å². The standard InChI is InChI=1S/C18H23N5O/c1-10-3-2-4-12-13(7-8-21-16(10)12)18(24)23-17(20)14-6-5-11(19)9-15(14)22-23/h2-4,11,13,21H,5-9,19-20H2,1H3. The van der Waals surface area contributed by atoms with E-state index in [-0.39, 0.29) is 17.9 Å². The Hall–Kier alpha value is -2.34. The van der Waals surface area contributed by atoms with Crippen molar-refractivity contribution in [1.82, 2.24) is 9.78 Å². The number of rotatable bonds is 1. The average Bonchev–Trinajstić information content (AvgIpc) is 2.90. The minimum Gasteiger partial charge on any atom is -0.385 e. The molecular weight excluding hydrogens is 302 g/mol. The number of aromatic nitrogens is 2. The van der Waals surface area contributed by atoms with Gasteiger partial charge in [0.2, 0.25) is 0 Å². The Bertz CT molecular complexity index is 810. The first kappa shape index (κ1) is 15.2. The zero-order valence-corrected chi connectivity index (χ0v) is 13.9. The molecule has 1 aliphatic heterocycles. The molecule has 126 valence electrons. The van der Waals surface area contributed by atoms with Crippen molar-refractivity contribution in [3.63, 3.8) is 0 Å². The molecule has 2 heterocycles. The highest BCUT2D eigenvalue weighted by Gasteiger charge is 2.32. The van der Waals surface area contributed by atoms with Gasteiger partial charge in [0.15, 0.2) is 0 Å². The van der Waals surface area contributed by atoms with Crippen molar-refractivity contribution in [3.8, 4) is 0 Å². The van der Waals surface area contributed by atoms with Gasteiger partial charge in [0.25, 0.3) is 5.91 Å². The summed E-state index contributed by atoms with van der Waals surface area (Å²) >= 11 is 0. The van der Waals surface area contributed by atoms with E-state index in [1.54, 1.807) is 0 Å². The fourth-order valence-corrected chi connectivity index (χ4v) is 3.92. The van der Waals surface area contributed by atoms with E-state index < -0.39 is 0 Å². The Morgan fingerprint density at radius 2 is 2.21 bits per heavy atom. The van der Waals surface area contributed by atoms with Crippen LogP contribution in [-0.4, -0.2) is 28.3 Å². The number of carbonyl (C=O) groups excluding carboxylic acids is 1. The number of nitrogens with zero attached hydrogens (tertiary/aromatic N) is 2. The molecule has 0 spiro atoms. The molecule has 4 rings (SSSR count). The maximum atomic E-state index is 13.2. The molecule has 0 bridgehead atoms. The van der Waals surface area contributed by atoms with Crippen LogP contribution in [0.3, 0.4) is 0 Å². The van der Waals surface area contributed by atoms with Gasteiger partial charge in [-0.2, -0.15) is 9.78 Å². The Balaban J connectivity index is 1.73. The third kappa shape index (κ3) is 2.29. The first-order valence-corrected chi connectivity index (χ1v) is 8.55. The van der Waals surface area contributed by atoms with Gasteiger partial charge in [0.05, 0.1) is 11.6 Å². The number of fused-ring (bicyclic) bond motifs is 2. The number of para-hydroxylation sites is 1. The molecular formula is C18H23N5O. The third-order valence-corrected chi connectivity index (χ3v) is 5.25. The molecule has 2 unspecified atom stereocenters. The van der Waals surface area contributed by atoms with E-state index in [1.807, 2.05) is 12.1 Å². The summed E-state index contributed by atoms with van der Waals surface area (Å²) in [7, 11) is 0. The SMILES string of the molecule is Cc1cccc2c1NCCC2C(=O)n1nc2c(c1N)CCC(N)C2. The Kier molecular flexibility index (Phi) is 3.57. The number of aryl methyl sites for hydroxylation is 1. The number of anilines is 2. The summed E-state index contributed by atoms with van der Waals surface area (Å²) in [6, 6.07) is 6.18. The predicted octanol–water partition coefficient (Wildman–Crippen LogP) is 1.83. The summed E-state index contributed by atoms with van der Waals surface area (Å²) in [4.78, 5) is 13.2. The van der Waals surface area contributed by atoms with E-state index in [1.165, 1.54) is 4.68 Å². The van der Waals surface area contributed by atoms with Gasteiger partial charge in [-0.15, -0.1) is 0 Å². The largest absolute Gasteiger partial charge is 0.385 e. The molecule has 1 aromatic heterocycles. The summed E-state index contributed by atoms with van der Waals surface area (Å²) in [5, 5.41) is 7.92. The number of benzene rings is 1. The predicted molar refractivity (Wildman–Crippen MR) is 94.3 cm³/mol. The van der Waals surface area contributed by atoms with Crippen LogP contribution in [0.15, 0.2) is 18.2 Å². The smallest absolute Gasteiger partial charge is 0.256 e. The number of hydrogen-bond donors (Lipinski definition) is 3. The van der Waals surface area contributed by atoms with Crippen LogP contribution in [0.2, 0.25) is 0 Å². The maximum Gasteiger partial charge on any atom is 0.256 e. The van der Waals surface area contributed by atoms with E-state index in [9.17, 15) is 4.79 Å². The second-order valence-corrected chi connectivity index (χ2v) is 6.87. The number of nitrogens with one attached hydrogen (secondary N) is 1. The van der Waals surface area contributed by atoms with E-state index in [0.717, 1.165) is 53.9 Å². The number of hydrogen-bond acceptors (Lipinski definition) is 5. The van der Waals surface area contributed by atoms with Gasteiger partial charge >= 0.3 is 0 Å². The molecule has 6 nitrogen and oxygen atoms in total. The summed E-state index contributed by atoms with van der Waals surface area (Å²) in [6.07, 6.45) is 3.14. The van der Waals surface area contributed by atoms with E-state index in [4.69, 9.17) is 11.5 Å². The van der Waals surface area contributed by atoms with Crippen LogP contribution in [0.25, 0.3) is 0 Å². The minimum atomic E-state index is -0.210. The van der Waals surface area contributed by atoms with E-state index in [0.29, 0.717) is 12.2 Å². The molecule has 2 atom stereocenters. The fourth-order valence-electron chi connectivity index (χ4n) is 3.92. The molecule has 5 N–H and O–H groups in total. The second-order valence-electron chi connectivity index (χ2n) is 6.87. The monoisotopic (exact) mass is 325 g/mol. The summed E-state index contributed by atoms with van der Waals surface area (Å²) in [6.45, 7) is 2.83. The van der Waals surface area contributed by atoms with Gasteiger partial charge in [-0.1, -0.05) is 18.2 Å². The van der Waals surface area contributed by atoms with Crippen molar-refractivity contribution in [3.05, 3.63) is 40.6 Å². The van der Waals surface area contributed by atoms with Gasteiger partial charge in [-0.3, -0.25) is 4.79 Å². The maximum absolute atomic E-state index is 13.2. The lowest BCUT2D eigenvalue weighted by atomic mass is 9.88. The van der Waals surface area contributed by atoms with Gasteiger partial charge in [0, 0.05) is 30.3 Å². The van der Waals surface area contributed by atoms with Crippen LogP contribution in [0.4, 0.5) is 11.5 Å². The number of carbonyl (C=O) groups is 1. The molecule has 0 amide bonds. The normalized spacial score (nSPS) is 22.4. The quantitative estimate of drug-likeness (QED) is 0.743. The topological polar surface area (TPSA) is 99.0 Å². The van der Waals surface area contributed by atoms with Crippen molar-refractivity contribution < 1.29 is 4.79 Å². The van der Waals surface area contributed by atoms with Gasteiger partial charge in [0.1, 0.15) is 5.82 Å². The third-order valence-electron chi connectivity index (χ3n) is 5.25. The lowest BCUT2D eigenvalue weighted by Gasteiger charge is -2.27. The Labute approximate surface area is 141 Å². The highest BCUT2D eigenvalue weighted by molar-refractivity contribution is 5.90. The van der Waals surface area contributed by atoms with E-state index in [2.05, 4.69) is 23.4 Å². The second kappa shape index (κ2) is 5.63. The molecule has 0 saturated heterocycles. The molecule has 24 heavy (non-hydrogen) atoms. The van der Waals surface area contributed by atoms with Crippen LogP contribution in [-0.2, 0) is 12.8 Å². The first-order chi connectivity index (χ1) is 11.6. The van der Waals surface area contributed by atoms with Gasteiger partial charge in [-0.05, 0) is 37.3 Å². The molecule has 1 aliphatic carbocycles. The van der Waals surface area contributed by atoms with Crippen molar-refractivity contribution in [2.45, 2.75) is 44.6 Å². The molecule has 6 heteroatoms. The van der Waals surface area contributed by atoms with Crippen LogP contribution < -0.4 is 16.8 Å². The van der Waals surface area contributed by atoms with Crippen LogP contribution in [0.5, 0.6) is 0 Å². The lowest BCUT2D eigenvalue weighted by molar-refractivity contribution is 0.0859. The average molecular weight is 325 g/mol. The molecule has 2 aliphatic rings. The lowest BCUT2D eigenvalue weighted by Crippen LogP contribution is -2.29. The van der Waals surface area contributed by atoms with Crippen LogP contribution in [0.1, 0.15) is 45.9 Å². The van der Waals surface area contributed by atoms with E-state index >= 15 is 0 Å². The highest BCUT2D eigenvalue weighted by Crippen LogP contribution is 2.36. The zero-order chi connectivity index (χ0) is 16.8. The van der Waals surface area contributed by atoms with Crippen molar-refractivity contribution in [2.75, 3.05) is 17.6 Å². The zero-order valence-electron chi connectivity index (χ0n) is 13.9. The van der Waals surface area contributed by atoms with Crippen LogP contribution in [0, 0.1) is 6.92 Å². The summed E-state index contributed by atoms with van der Waals surface area (Å²) in [5.41, 5.74) is 17.4. The minimum absolute atomic E-state index is 0.0381. The summed E-state index contributed by atoms with van der Waals surface area (Å²) < 4.78 is 1.42. The first-order valence-electron chi connectivity index (χ1n) is 8.55. The molecule has 2 aromatic rings. The van der Waals surface area contributed by atoms with Crippen molar-refractivity contribution in [2.24, 2.45) is 5.73 Å². The molecule has 0 radical (unpaired) electrons. The Morgan fingerprint density at radius 1 is 1.38 bits per heavy atom. The fraction of sp³-hybridized carbons (Fsp3) is 0.444. The van der Waals surface area contributed by atoms with Crippen molar-refractivity contribution >= 4 is 17.4 Å². The van der Waals surface area contributed by atoms with Gasteiger partial charge in [-0.25, -0.2) is 0 Å². The number of nitrogens with two attached hydrogens (primary N) is 2. The Morgan fingerprint density at radius 3 is 3.04 bits per heavy atom. The molecule has 0 saturated carbocycles. The molecule has 1 aromatic carbocycles.